The van der Waals surface area contributed by atoms with Gasteiger partial charge in [-0.2, -0.15) is 28.2 Å². The third kappa shape index (κ3) is 7.12. The van der Waals surface area contributed by atoms with Crippen LogP contribution in [0.15, 0.2) is 59.1 Å². The Labute approximate surface area is 301 Å². The summed E-state index contributed by atoms with van der Waals surface area (Å²) < 4.78 is 72.6. The van der Waals surface area contributed by atoms with Crippen LogP contribution in [0, 0.1) is 25.1 Å². The highest BCUT2D eigenvalue weighted by Crippen LogP contribution is 2.46. The van der Waals surface area contributed by atoms with E-state index in [1.54, 1.807) is 26.0 Å². The van der Waals surface area contributed by atoms with Crippen molar-refractivity contribution in [1.82, 2.24) is 35.3 Å². The van der Waals surface area contributed by atoms with E-state index in [1.165, 1.54) is 47.3 Å². The molecule has 2 aromatic carbocycles. The predicted molar refractivity (Wildman–Crippen MR) is 185 cm³/mol. The smallest absolute Gasteiger partial charge is 0.429 e. The van der Waals surface area contributed by atoms with Gasteiger partial charge >= 0.3 is 12.1 Å². The number of nitrogens with zero attached hydrogens (tertiary/aromatic N) is 7. The minimum Gasteiger partial charge on any atom is -0.480 e. The highest BCUT2D eigenvalue weighted by Gasteiger charge is 2.50. The Morgan fingerprint density at radius 1 is 1.09 bits per heavy atom. The first-order chi connectivity index (χ1) is 25.2. The zero-order valence-corrected chi connectivity index (χ0v) is 29.1. The van der Waals surface area contributed by atoms with Crippen molar-refractivity contribution < 1.29 is 36.6 Å². The van der Waals surface area contributed by atoms with Crippen LogP contribution in [0.5, 0.6) is 5.88 Å². The molecule has 2 fully saturated rings. The maximum atomic E-state index is 15.3. The van der Waals surface area contributed by atoms with Crippen molar-refractivity contribution in [3.63, 3.8) is 0 Å². The molecule has 2 aliphatic heterocycles. The summed E-state index contributed by atoms with van der Waals surface area (Å²) in [4.78, 5) is 22.0. The van der Waals surface area contributed by atoms with Crippen LogP contribution in [0.4, 0.5) is 29.3 Å². The number of carboxylic acid groups (broad SMARTS) is 1. The van der Waals surface area contributed by atoms with Crippen molar-refractivity contribution in [1.29, 1.82) is 0 Å². The van der Waals surface area contributed by atoms with Crippen LogP contribution in [-0.4, -0.2) is 72.4 Å². The average Bonchev–Trinajstić information content (AvgIpc) is 3.85. The van der Waals surface area contributed by atoms with E-state index in [1.807, 2.05) is 11.8 Å². The standard InChI is InChI=1S/C36H37F4N9O4/c1-4-28-35(18-26(42-28)33(50)51)10-13-48(14-11-35)29-17-30(44-34(41)43-29)53-31(36(38,39)40)24-8-6-22(16-27(24)49-12-9-19(2)47-49)21-5-7-23(25(37)15-21)32-46-45-20(3)52-32/h5-9,12,15-17,26,28,31,42H,4,10-11,13-14,18H2,1-3H3,(H,50,51)(H2,41,43,44)/t26?,28?,31-/m1/s1. The summed E-state index contributed by atoms with van der Waals surface area (Å²) in [5, 5.41) is 24.8. The summed E-state index contributed by atoms with van der Waals surface area (Å²) in [5.74, 6) is -1.61. The summed E-state index contributed by atoms with van der Waals surface area (Å²) in [6.45, 7) is 6.28. The second kappa shape index (κ2) is 13.8. The molecule has 2 unspecified atom stereocenters. The molecule has 0 radical (unpaired) electrons. The van der Waals surface area contributed by atoms with E-state index >= 15 is 17.6 Å². The van der Waals surface area contributed by atoms with Gasteiger partial charge in [0.15, 0.2) is 0 Å². The van der Waals surface area contributed by atoms with Gasteiger partial charge in [-0.15, -0.1) is 10.2 Å². The SMILES string of the molecule is CCC1NC(C(=O)O)CC12CCN(c1cc(O[C@H](c3ccc(-c4ccc(-c5nnc(C)o5)c(F)c4)cc3-n3ccc(C)n3)C(F)(F)F)nc(N)n1)CC2. The largest absolute Gasteiger partial charge is 0.480 e. The van der Waals surface area contributed by atoms with Crippen LogP contribution in [0.25, 0.3) is 28.3 Å². The zero-order valence-electron chi connectivity index (χ0n) is 29.1. The van der Waals surface area contributed by atoms with E-state index in [-0.39, 0.29) is 51.9 Å². The molecule has 7 rings (SSSR count). The Morgan fingerprint density at radius 2 is 1.83 bits per heavy atom. The van der Waals surface area contributed by atoms with Gasteiger partial charge < -0.3 is 30.2 Å². The van der Waals surface area contributed by atoms with E-state index in [0.29, 0.717) is 55.0 Å². The second-order valence-corrected chi connectivity index (χ2v) is 13.5. The van der Waals surface area contributed by atoms with Gasteiger partial charge in [0.2, 0.25) is 23.8 Å². The first-order valence-electron chi connectivity index (χ1n) is 17.1. The van der Waals surface area contributed by atoms with E-state index in [0.717, 1.165) is 6.42 Å². The quantitative estimate of drug-likeness (QED) is 0.147. The van der Waals surface area contributed by atoms with E-state index in [9.17, 15) is 9.90 Å². The molecule has 4 N–H and O–H groups in total. The maximum absolute atomic E-state index is 15.3. The number of aryl methyl sites for hydroxylation is 2. The van der Waals surface area contributed by atoms with Crippen molar-refractivity contribution in [3.05, 3.63) is 77.7 Å². The lowest BCUT2D eigenvalue weighted by atomic mass is 9.71. The molecule has 0 amide bonds. The summed E-state index contributed by atoms with van der Waals surface area (Å²) in [7, 11) is 0. The second-order valence-electron chi connectivity index (χ2n) is 13.5. The topological polar surface area (TPSA) is 170 Å². The number of ether oxygens (including phenoxy) is 1. The van der Waals surface area contributed by atoms with E-state index in [2.05, 4.69) is 30.6 Å². The number of carboxylic acids is 1. The van der Waals surface area contributed by atoms with Crippen molar-refractivity contribution in [2.45, 2.75) is 70.8 Å². The molecule has 13 nitrogen and oxygen atoms in total. The summed E-state index contributed by atoms with van der Waals surface area (Å²) in [5.41, 5.74) is 7.03. The molecule has 1 spiro atoms. The number of nitrogen functional groups attached to an aromatic ring is 1. The van der Waals surface area contributed by atoms with Gasteiger partial charge in [0.05, 0.1) is 16.9 Å². The molecular formula is C36H37F4N9O4. The van der Waals surface area contributed by atoms with Gasteiger partial charge in [-0.25, -0.2) is 9.07 Å². The fourth-order valence-electron chi connectivity index (χ4n) is 7.52. The molecule has 5 heterocycles. The van der Waals surface area contributed by atoms with Crippen molar-refractivity contribution >= 4 is 17.7 Å². The van der Waals surface area contributed by atoms with Gasteiger partial charge in [0, 0.05) is 43.9 Å². The van der Waals surface area contributed by atoms with Gasteiger partial charge in [-0.3, -0.25) is 4.79 Å². The van der Waals surface area contributed by atoms with Crippen LogP contribution >= 0.6 is 0 Å². The average molecular weight is 736 g/mol. The zero-order chi connectivity index (χ0) is 37.7. The number of hydrogen-bond donors (Lipinski definition) is 3. The lowest BCUT2D eigenvalue weighted by Crippen LogP contribution is -2.46. The van der Waals surface area contributed by atoms with Crippen LogP contribution in [-0.2, 0) is 4.79 Å². The molecule has 17 heteroatoms. The highest BCUT2D eigenvalue weighted by atomic mass is 19.4. The number of aromatic nitrogens is 6. The number of benzene rings is 2. The lowest BCUT2D eigenvalue weighted by Gasteiger charge is -2.43. The highest BCUT2D eigenvalue weighted by molar-refractivity contribution is 5.74. The number of rotatable bonds is 9. The van der Waals surface area contributed by atoms with Gasteiger partial charge in [-0.05, 0) is 73.4 Å². The predicted octanol–water partition coefficient (Wildman–Crippen LogP) is 6.21. The molecule has 0 aliphatic carbocycles. The minimum atomic E-state index is -4.92. The fraction of sp³-hybridized carbons (Fsp3) is 0.389. The first kappa shape index (κ1) is 35.8. The Hall–Kier alpha value is -5.58. The van der Waals surface area contributed by atoms with Crippen molar-refractivity contribution in [2.75, 3.05) is 23.7 Å². The molecule has 53 heavy (non-hydrogen) atoms. The van der Waals surface area contributed by atoms with E-state index in [4.69, 9.17) is 14.9 Å². The number of carbonyl (C=O) groups is 1. The van der Waals surface area contributed by atoms with Crippen LogP contribution in [0.3, 0.4) is 0 Å². The summed E-state index contributed by atoms with van der Waals surface area (Å²) in [6, 6.07) is 10.9. The summed E-state index contributed by atoms with van der Waals surface area (Å²) in [6.07, 6.45) is -3.31. The van der Waals surface area contributed by atoms with E-state index < -0.39 is 30.1 Å². The lowest BCUT2D eigenvalue weighted by molar-refractivity contribution is -0.198. The van der Waals surface area contributed by atoms with Crippen LogP contribution in [0.1, 0.15) is 55.9 Å². The Bertz CT molecular complexity index is 2150. The first-order valence-corrected chi connectivity index (χ1v) is 17.1. The number of nitrogens with one attached hydrogen (secondary N) is 1. The molecular weight excluding hydrogens is 698 g/mol. The molecule has 3 aromatic heterocycles. The molecule has 3 atom stereocenters. The molecule has 0 saturated carbocycles. The Morgan fingerprint density at radius 3 is 2.45 bits per heavy atom. The normalized spacial score (nSPS) is 19.1. The third-order valence-electron chi connectivity index (χ3n) is 10.1. The number of alkyl halides is 3. The molecule has 2 saturated heterocycles. The Kier molecular flexibility index (Phi) is 9.30. The number of hydrogen-bond acceptors (Lipinski definition) is 11. The molecule has 2 aliphatic rings. The maximum Gasteiger partial charge on any atom is 0.429 e. The number of aliphatic carboxylic acids is 1. The van der Waals surface area contributed by atoms with Crippen LogP contribution in [0.2, 0.25) is 0 Å². The van der Waals surface area contributed by atoms with Crippen molar-refractivity contribution in [2.24, 2.45) is 5.41 Å². The monoisotopic (exact) mass is 735 g/mol. The van der Waals surface area contributed by atoms with Gasteiger partial charge in [-0.1, -0.05) is 25.1 Å². The third-order valence-corrected chi connectivity index (χ3v) is 10.1. The number of nitrogens with two attached hydrogens (primary N) is 1. The minimum absolute atomic E-state index is 0.00242. The van der Waals surface area contributed by atoms with Gasteiger partial charge in [0.1, 0.15) is 17.7 Å². The van der Waals surface area contributed by atoms with Crippen molar-refractivity contribution in [3.8, 4) is 34.1 Å². The molecule has 278 valence electrons. The summed E-state index contributed by atoms with van der Waals surface area (Å²) >= 11 is 0. The number of anilines is 2. The molecule has 0 bridgehead atoms. The van der Waals surface area contributed by atoms with Gasteiger partial charge in [0.25, 0.3) is 5.89 Å². The molecule has 5 aromatic rings. The number of halogens is 4. The van der Waals surface area contributed by atoms with Crippen LogP contribution < -0.4 is 20.7 Å². The number of piperidine rings is 1. The Balaban J connectivity index is 1.19. The fourth-order valence-corrected chi connectivity index (χ4v) is 7.52.